The van der Waals surface area contributed by atoms with Crippen LogP contribution in [0, 0.1) is 11.2 Å². The lowest BCUT2D eigenvalue weighted by atomic mass is 9.90. The highest BCUT2D eigenvalue weighted by atomic mass is 32.2. The molecule has 4 N–H and O–H groups in total. The molecule has 0 aromatic carbocycles. The van der Waals surface area contributed by atoms with Crippen LogP contribution in [0.2, 0.25) is 0 Å². The van der Waals surface area contributed by atoms with E-state index in [1.54, 1.807) is 17.8 Å². The quantitative estimate of drug-likeness (QED) is 0.120. The number of pyridine rings is 1. The van der Waals surface area contributed by atoms with Gasteiger partial charge in [0.2, 0.25) is 0 Å². The highest BCUT2D eigenvalue weighted by Crippen LogP contribution is 2.53. The highest BCUT2D eigenvalue weighted by Gasteiger charge is 2.43. The second-order valence-corrected chi connectivity index (χ2v) is 15.1. The molecule has 1 fully saturated rings. The van der Waals surface area contributed by atoms with Gasteiger partial charge in [0.1, 0.15) is 11.5 Å². The number of nitrogens with zero attached hydrogens (tertiary/aromatic N) is 4. The number of hydrogen-bond donors (Lipinski definition) is 2. The van der Waals surface area contributed by atoms with Crippen molar-refractivity contribution >= 4 is 28.5 Å². The number of nitrogens with two attached hydrogens (primary N) is 2. The first kappa shape index (κ1) is 39.3. The fourth-order valence-corrected chi connectivity index (χ4v) is 7.50. The molecule has 2 aromatic heterocycles. The third-order valence-electron chi connectivity index (χ3n) is 10.4. The highest BCUT2D eigenvalue weighted by molar-refractivity contribution is 8.02. The number of fused-ring (bicyclic) bond motifs is 1. The van der Waals surface area contributed by atoms with Crippen molar-refractivity contribution in [3.8, 4) is 0 Å². The van der Waals surface area contributed by atoms with E-state index in [-0.39, 0.29) is 18.5 Å². The Morgan fingerprint density at radius 3 is 2.66 bits per heavy atom. The van der Waals surface area contributed by atoms with Crippen molar-refractivity contribution in [3.63, 3.8) is 0 Å². The van der Waals surface area contributed by atoms with Gasteiger partial charge in [0.05, 0.1) is 18.1 Å². The average molecular weight is 699 g/mol. The van der Waals surface area contributed by atoms with E-state index in [1.165, 1.54) is 18.4 Å². The number of halogens is 1. The third-order valence-corrected chi connectivity index (χ3v) is 11.2. The maximum atomic E-state index is 15.9. The predicted octanol–water partition coefficient (Wildman–Crippen LogP) is 9.78. The largest absolute Gasteiger partial charge is 0.402 e. The van der Waals surface area contributed by atoms with Crippen LogP contribution in [0.1, 0.15) is 96.9 Å². The van der Waals surface area contributed by atoms with Gasteiger partial charge in [-0.2, -0.15) is 0 Å². The van der Waals surface area contributed by atoms with Gasteiger partial charge in [-0.25, -0.2) is 9.37 Å². The summed E-state index contributed by atoms with van der Waals surface area (Å²) in [6, 6.07) is 3.90. The first-order valence-corrected chi connectivity index (χ1v) is 19.4. The van der Waals surface area contributed by atoms with Crippen LogP contribution in [-0.2, 0) is 13.6 Å². The Kier molecular flexibility index (Phi) is 14.3. The maximum absolute atomic E-state index is 15.9. The second-order valence-electron chi connectivity index (χ2n) is 14.2. The maximum Gasteiger partial charge on any atom is 0.146 e. The summed E-state index contributed by atoms with van der Waals surface area (Å²) in [4.78, 5) is 13.2. The van der Waals surface area contributed by atoms with Gasteiger partial charge in [-0.05, 0) is 105 Å². The van der Waals surface area contributed by atoms with Crippen LogP contribution in [0.25, 0.3) is 11.0 Å². The molecule has 270 valence electrons. The Balaban J connectivity index is 1.69. The van der Waals surface area contributed by atoms with Gasteiger partial charge in [0.15, 0.2) is 0 Å². The fourth-order valence-electron chi connectivity index (χ4n) is 7.12. The van der Waals surface area contributed by atoms with Crippen molar-refractivity contribution in [2.45, 2.75) is 98.1 Å². The van der Waals surface area contributed by atoms with Crippen LogP contribution >= 0.6 is 11.8 Å². The Hall–Kier alpha value is -3.46. The van der Waals surface area contributed by atoms with Gasteiger partial charge in [0.25, 0.3) is 0 Å². The summed E-state index contributed by atoms with van der Waals surface area (Å²) in [5.74, 6) is 0.0592. The van der Waals surface area contributed by atoms with E-state index in [1.807, 2.05) is 25.5 Å². The Morgan fingerprint density at radius 2 is 2.02 bits per heavy atom. The molecule has 8 heteroatoms. The molecule has 0 aliphatic heterocycles. The van der Waals surface area contributed by atoms with E-state index in [9.17, 15) is 0 Å². The summed E-state index contributed by atoms with van der Waals surface area (Å²) >= 11 is 1.66. The molecule has 0 saturated heterocycles. The molecule has 50 heavy (non-hydrogen) atoms. The average Bonchev–Trinajstić information content (AvgIpc) is 3.82. The summed E-state index contributed by atoms with van der Waals surface area (Å²) in [5, 5.41) is 0.843. The molecule has 2 aliphatic carbocycles. The van der Waals surface area contributed by atoms with E-state index in [0.29, 0.717) is 36.5 Å². The number of thioether (sulfide) groups is 1. The van der Waals surface area contributed by atoms with Crippen LogP contribution in [-0.4, -0.2) is 45.7 Å². The summed E-state index contributed by atoms with van der Waals surface area (Å²) in [6.45, 7) is 16.0. The molecule has 0 radical (unpaired) electrons. The van der Waals surface area contributed by atoms with Crippen LogP contribution in [0.15, 0.2) is 99.6 Å². The van der Waals surface area contributed by atoms with Crippen molar-refractivity contribution in [2.75, 3.05) is 19.5 Å². The standard InChI is InChI=1S/C42H59FN6S/c1-9-35(50-8)17-13-14-22-49(27-38-36(43)23-32-24-39(29(3)4)48(7)41(32)47-38)34(26-42(10-2)20-21-42)19-18-33(45)25-37(46-28-44)40-30(5)15-11-12-16-31(40)6/h9,11,13-17,23-25,29,34H,1,10,12,18-22,26-28,44-45H2,2-8H3/b14-13-,33-25-,35-17+,46-37+. The minimum atomic E-state index is -0.259. The van der Waals surface area contributed by atoms with Gasteiger partial charge in [-0.1, -0.05) is 70.2 Å². The Bertz CT molecular complexity index is 1730. The van der Waals surface area contributed by atoms with Crippen LogP contribution in [0.4, 0.5) is 4.39 Å². The third kappa shape index (κ3) is 10.1. The summed E-state index contributed by atoms with van der Waals surface area (Å²) in [6.07, 6.45) is 25.8. The predicted molar refractivity (Wildman–Crippen MR) is 215 cm³/mol. The Labute approximate surface area is 304 Å². The molecule has 1 atom stereocenters. The molecule has 0 amide bonds. The molecular formula is C42H59FN6S. The lowest BCUT2D eigenvalue weighted by Gasteiger charge is -2.34. The first-order chi connectivity index (χ1) is 23.9. The van der Waals surface area contributed by atoms with Gasteiger partial charge >= 0.3 is 0 Å². The number of hydrogen-bond acceptors (Lipinski definition) is 6. The van der Waals surface area contributed by atoms with Gasteiger partial charge in [0, 0.05) is 53.4 Å². The summed E-state index contributed by atoms with van der Waals surface area (Å²) < 4.78 is 18.0. The van der Waals surface area contributed by atoms with Gasteiger partial charge < -0.3 is 16.0 Å². The van der Waals surface area contributed by atoms with Crippen LogP contribution in [0.3, 0.4) is 0 Å². The molecule has 1 unspecified atom stereocenters. The molecule has 2 aliphatic rings. The fraction of sp³-hybridized carbons (Fsp3) is 0.476. The lowest BCUT2D eigenvalue weighted by Crippen LogP contribution is -2.38. The molecular weight excluding hydrogens is 640 g/mol. The number of aryl methyl sites for hydroxylation is 1. The lowest BCUT2D eigenvalue weighted by molar-refractivity contribution is 0.156. The molecule has 1 saturated carbocycles. The van der Waals surface area contributed by atoms with Crippen molar-refractivity contribution in [3.05, 3.63) is 112 Å². The summed E-state index contributed by atoms with van der Waals surface area (Å²) in [5.41, 5.74) is 20.6. The minimum Gasteiger partial charge on any atom is -0.402 e. The number of aromatic nitrogens is 2. The second kappa shape index (κ2) is 18.2. The van der Waals surface area contributed by atoms with Crippen LogP contribution < -0.4 is 11.5 Å². The summed E-state index contributed by atoms with van der Waals surface area (Å²) in [7, 11) is 2.03. The molecule has 2 aromatic rings. The van der Waals surface area contributed by atoms with Crippen molar-refractivity contribution in [1.29, 1.82) is 0 Å². The molecule has 0 bridgehead atoms. The topological polar surface area (TPSA) is 85.5 Å². The van der Waals surface area contributed by atoms with E-state index in [4.69, 9.17) is 16.5 Å². The first-order valence-electron chi connectivity index (χ1n) is 18.1. The SMILES string of the molecule is C=C/C(=C\C=C/CN(Cc1nc2c(cc1F)cc(C(C)C)n2C)C(CC/C(N)=C/C(=N\CN)C1=C(C)C=CCC=C1C)CC1(CC)CC1)SC. The molecule has 2 heterocycles. The van der Waals surface area contributed by atoms with Crippen LogP contribution in [0.5, 0.6) is 0 Å². The van der Waals surface area contributed by atoms with Crippen molar-refractivity contribution in [1.82, 2.24) is 14.5 Å². The zero-order chi connectivity index (χ0) is 36.4. The molecule has 4 rings (SSSR count). The monoisotopic (exact) mass is 698 g/mol. The Morgan fingerprint density at radius 1 is 1.26 bits per heavy atom. The van der Waals surface area contributed by atoms with E-state index < -0.39 is 0 Å². The number of allylic oxidation sites excluding steroid dienone is 11. The zero-order valence-electron chi connectivity index (χ0n) is 31.4. The smallest absolute Gasteiger partial charge is 0.146 e. The zero-order valence-corrected chi connectivity index (χ0v) is 32.3. The van der Waals surface area contributed by atoms with Gasteiger partial charge in [-0.15, -0.1) is 11.8 Å². The van der Waals surface area contributed by atoms with Crippen molar-refractivity contribution < 1.29 is 4.39 Å². The van der Waals surface area contributed by atoms with E-state index >= 15 is 4.39 Å². The molecule has 6 nitrogen and oxygen atoms in total. The van der Waals surface area contributed by atoms with Gasteiger partial charge in [-0.3, -0.25) is 9.89 Å². The van der Waals surface area contributed by atoms with Crippen molar-refractivity contribution in [2.24, 2.45) is 28.9 Å². The normalized spacial score (nSPS) is 17.7. The van der Waals surface area contributed by atoms with E-state index in [2.05, 4.69) is 98.2 Å². The minimum absolute atomic E-state index is 0.173. The van der Waals surface area contributed by atoms with E-state index in [0.717, 1.165) is 69.9 Å². The number of aliphatic imine (C=N–C) groups is 1. The molecule has 0 spiro atoms. The number of rotatable bonds is 18.